The van der Waals surface area contributed by atoms with Crippen LogP contribution in [0.5, 0.6) is 5.75 Å². The standard InChI is InChI=1S/C23H24N4O2/c1-3-29-18-12-10-16(11-13-18)25-23-26-19-8-5-9-20(28)21(19)22(27-23)24-17-7-4-6-15(2)14-17/h4,6-7,10-14H,3,5,8-9H2,1-2H3,(H2,24,25,26,27). The van der Waals surface area contributed by atoms with Gasteiger partial charge < -0.3 is 15.4 Å². The second-order valence-corrected chi connectivity index (χ2v) is 7.07. The fourth-order valence-corrected chi connectivity index (χ4v) is 3.46. The Morgan fingerprint density at radius 3 is 2.59 bits per heavy atom. The number of Topliss-reactive ketones (excluding diaryl/α,β-unsaturated/α-hetero) is 1. The van der Waals surface area contributed by atoms with Crippen molar-refractivity contribution in [3.05, 3.63) is 65.4 Å². The second kappa shape index (κ2) is 8.31. The van der Waals surface area contributed by atoms with Crippen molar-refractivity contribution in [1.29, 1.82) is 0 Å². The molecule has 3 aromatic rings. The first-order chi connectivity index (χ1) is 14.1. The summed E-state index contributed by atoms with van der Waals surface area (Å²) in [5.74, 6) is 1.93. The highest BCUT2D eigenvalue weighted by atomic mass is 16.5. The maximum Gasteiger partial charge on any atom is 0.229 e. The zero-order valence-electron chi connectivity index (χ0n) is 16.7. The molecule has 1 aliphatic carbocycles. The topological polar surface area (TPSA) is 76.1 Å². The van der Waals surface area contributed by atoms with E-state index >= 15 is 0 Å². The van der Waals surface area contributed by atoms with Crippen molar-refractivity contribution in [2.24, 2.45) is 0 Å². The molecule has 0 fully saturated rings. The van der Waals surface area contributed by atoms with E-state index in [1.54, 1.807) is 0 Å². The van der Waals surface area contributed by atoms with Gasteiger partial charge in [0.1, 0.15) is 11.6 Å². The molecule has 0 amide bonds. The molecule has 0 saturated carbocycles. The van der Waals surface area contributed by atoms with Gasteiger partial charge in [-0.2, -0.15) is 4.98 Å². The highest BCUT2D eigenvalue weighted by Crippen LogP contribution is 2.30. The van der Waals surface area contributed by atoms with Gasteiger partial charge in [0.2, 0.25) is 5.95 Å². The van der Waals surface area contributed by atoms with E-state index in [0.29, 0.717) is 30.4 Å². The van der Waals surface area contributed by atoms with Gasteiger partial charge in [-0.3, -0.25) is 4.79 Å². The van der Waals surface area contributed by atoms with E-state index in [1.165, 1.54) is 0 Å². The minimum absolute atomic E-state index is 0.0917. The van der Waals surface area contributed by atoms with Crippen molar-refractivity contribution in [1.82, 2.24) is 9.97 Å². The summed E-state index contributed by atoms with van der Waals surface area (Å²) in [6.07, 6.45) is 2.11. The fraction of sp³-hybridized carbons (Fsp3) is 0.261. The van der Waals surface area contributed by atoms with Crippen LogP contribution in [0, 0.1) is 6.92 Å². The largest absolute Gasteiger partial charge is 0.494 e. The van der Waals surface area contributed by atoms with Crippen LogP contribution in [0.3, 0.4) is 0 Å². The molecular weight excluding hydrogens is 364 g/mol. The lowest BCUT2D eigenvalue weighted by Crippen LogP contribution is -2.17. The number of aromatic nitrogens is 2. The third-order valence-corrected chi connectivity index (χ3v) is 4.78. The van der Waals surface area contributed by atoms with Gasteiger partial charge in [-0.05, 0) is 68.7 Å². The van der Waals surface area contributed by atoms with Crippen LogP contribution in [0.15, 0.2) is 48.5 Å². The van der Waals surface area contributed by atoms with Gasteiger partial charge in [0.25, 0.3) is 0 Å². The van der Waals surface area contributed by atoms with Crippen molar-refractivity contribution in [2.45, 2.75) is 33.1 Å². The third-order valence-electron chi connectivity index (χ3n) is 4.78. The van der Waals surface area contributed by atoms with Gasteiger partial charge in [-0.1, -0.05) is 12.1 Å². The molecule has 1 heterocycles. The van der Waals surface area contributed by atoms with Gasteiger partial charge in [0.05, 0.1) is 17.9 Å². The lowest BCUT2D eigenvalue weighted by atomic mass is 9.95. The van der Waals surface area contributed by atoms with E-state index in [9.17, 15) is 4.79 Å². The molecule has 0 spiro atoms. The number of carbonyl (C=O) groups excluding carboxylic acids is 1. The molecule has 2 N–H and O–H groups in total. The highest BCUT2D eigenvalue weighted by molar-refractivity contribution is 6.03. The summed E-state index contributed by atoms with van der Waals surface area (Å²) >= 11 is 0. The average Bonchev–Trinajstić information content (AvgIpc) is 2.70. The van der Waals surface area contributed by atoms with Crippen LogP contribution in [-0.4, -0.2) is 22.4 Å². The van der Waals surface area contributed by atoms with Crippen molar-refractivity contribution in [3.8, 4) is 5.75 Å². The zero-order chi connectivity index (χ0) is 20.2. The van der Waals surface area contributed by atoms with Crippen molar-refractivity contribution >= 4 is 28.9 Å². The quantitative estimate of drug-likeness (QED) is 0.605. The number of nitrogens with one attached hydrogen (secondary N) is 2. The number of ketones is 1. The molecule has 2 aromatic carbocycles. The Kier molecular flexibility index (Phi) is 5.42. The molecule has 6 heteroatoms. The molecule has 29 heavy (non-hydrogen) atoms. The van der Waals surface area contributed by atoms with E-state index in [4.69, 9.17) is 4.74 Å². The summed E-state index contributed by atoms with van der Waals surface area (Å²) < 4.78 is 5.49. The molecule has 0 aliphatic heterocycles. The lowest BCUT2D eigenvalue weighted by Gasteiger charge is -2.19. The van der Waals surface area contributed by atoms with Crippen molar-refractivity contribution in [3.63, 3.8) is 0 Å². The summed E-state index contributed by atoms with van der Waals surface area (Å²) in [7, 11) is 0. The first-order valence-electron chi connectivity index (χ1n) is 9.90. The average molecular weight is 388 g/mol. The number of hydrogen-bond acceptors (Lipinski definition) is 6. The Bertz CT molecular complexity index is 1030. The molecule has 6 nitrogen and oxygen atoms in total. The highest BCUT2D eigenvalue weighted by Gasteiger charge is 2.24. The third kappa shape index (κ3) is 4.37. The minimum atomic E-state index is 0.0917. The van der Waals surface area contributed by atoms with Gasteiger partial charge in [-0.15, -0.1) is 0 Å². The predicted molar refractivity (Wildman–Crippen MR) is 115 cm³/mol. The summed E-state index contributed by atoms with van der Waals surface area (Å²) in [5, 5.41) is 6.57. The lowest BCUT2D eigenvalue weighted by molar-refractivity contribution is 0.0972. The van der Waals surface area contributed by atoms with E-state index in [1.807, 2.05) is 62.4 Å². The monoisotopic (exact) mass is 388 g/mol. The smallest absolute Gasteiger partial charge is 0.229 e. The molecule has 0 saturated heterocycles. The number of fused-ring (bicyclic) bond motifs is 1. The Morgan fingerprint density at radius 2 is 1.83 bits per heavy atom. The number of anilines is 4. The summed E-state index contributed by atoms with van der Waals surface area (Å²) in [4.78, 5) is 21.8. The van der Waals surface area contributed by atoms with Gasteiger partial charge >= 0.3 is 0 Å². The van der Waals surface area contributed by atoms with Crippen molar-refractivity contribution in [2.75, 3.05) is 17.2 Å². The van der Waals surface area contributed by atoms with Crippen LogP contribution in [0.1, 0.15) is 41.4 Å². The Labute approximate surface area is 170 Å². The number of hydrogen-bond donors (Lipinski definition) is 2. The van der Waals surface area contributed by atoms with Crippen LogP contribution < -0.4 is 15.4 Å². The molecule has 0 unspecified atom stereocenters. The maximum atomic E-state index is 12.6. The van der Waals surface area contributed by atoms with Gasteiger partial charge in [0, 0.05) is 17.8 Å². The van der Waals surface area contributed by atoms with E-state index in [-0.39, 0.29) is 5.78 Å². The second-order valence-electron chi connectivity index (χ2n) is 7.07. The first-order valence-corrected chi connectivity index (χ1v) is 9.90. The number of aryl methyl sites for hydroxylation is 2. The van der Waals surface area contributed by atoms with Crippen molar-refractivity contribution < 1.29 is 9.53 Å². The summed E-state index contributed by atoms with van der Waals surface area (Å²) in [5.41, 5.74) is 4.29. The Morgan fingerprint density at radius 1 is 1.00 bits per heavy atom. The molecule has 0 atom stereocenters. The molecule has 0 radical (unpaired) electrons. The fourth-order valence-electron chi connectivity index (χ4n) is 3.46. The summed E-state index contributed by atoms with van der Waals surface area (Å²) in [6.45, 7) is 4.62. The predicted octanol–water partition coefficient (Wildman–Crippen LogP) is 5.19. The zero-order valence-corrected chi connectivity index (χ0v) is 16.7. The van der Waals surface area contributed by atoms with Gasteiger partial charge in [-0.25, -0.2) is 4.98 Å². The van der Waals surface area contributed by atoms with E-state index < -0.39 is 0 Å². The van der Waals surface area contributed by atoms with Crippen LogP contribution in [-0.2, 0) is 6.42 Å². The number of rotatable bonds is 6. The number of benzene rings is 2. The molecule has 1 aromatic heterocycles. The molecular formula is C23H24N4O2. The SMILES string of the molecule is CCOc1ccc(Nc2nc3c(c(Nc4cccc(C)c4)n2)C(=O)CCC3)cc1. The van der Waals surface area contributed by atoms with Crippen LogP contribution in [0.2, 0.25) is 0 Å². The molecule has 1 aliphatic rings. The molecule has 0 bridgehead atoms. The van der Waals surface area contributed by atoms with E-state index in [2.05, 4.69) is 20.6 Å². The van der Waals surface area contributed by atoms with Crippen LogP contribution in [0.25, 0.3) is 0 Å². The van der Waals surface area contributed by atoms with E-state index in [0.717, 1.165) is 41.2 Å². The number of carbonyl (C=O) groups is 1. The van der Waals surface area contributed by atoms with Gasteiger partial charge in [0.15, 0.2) is 5.78 Å². The number of nitrogens with zero attached hydrogens (tertiary/aromatic N) is 2. The molecule has 148 valence electrons. The Balaban J connectivity index is 1.67. The maximum absolute atomic E-state index is 12.6. The first kappa shape index (κ1) is 18.9. The minimum Gasteiger partial charge on any atom is -0.494 e. The Hall–Kier alpha value is -3.41. The number of ether oxygens (including phenoxy) is 1. The molecule has 4 rings (SSSR count). The normalized spacial score (nSPS) is 13.0. The summed E-state index contributed by atoms with van der Waals surface area (Å²) in [6, 6.07) is 15.7. The van der Waals surface area contributed by atoms with Crippen LogP contribution in [0.4, 0.5) is 23.1 Å². The van der Waals surface area contributed by atoms with Crippen LogP contribution >= 0.6 is 0 Å².